The highest BCUT2D eigenvalue weighted by Gasteiger charge is 2.19. The summed E-state index contributed by atoms with van der Waals surface area (Å²) >= 11 is 6.06. The number of carbonyl (C=O) groups is 1. The number of para-hydroxylation sites is 2. The molecular weight excluding hydrogens is 450 g/mol. The van der Waals surface area contributed by atoms with Crippen molar-refractivity contribution in [1.29, 1.82) is 5.26 Å². The number of aryl methyl sites for hydroxylation is 1. The molecule has 0 unspecified atom stereocenters. The zero-order valence-corrected chi connectivity index (χ0v) is 18.7. The number of aromatic nitrogens is 3. The van der Waals surface area contributed by atoms with E-state index in [1.807, 2.05) is 36.4 Å². The normalized spacial score (nSPS) is 10.8. The number of fused-ring (bicyclic) bond motifs is 1. The number of carbonyl (C=O) groups excluding carboxylic acids is 1. The van der Waals surface area contributed by atoms with E-state index in [0.717, 1.165) is 16.6 Å². The highest BCUT2D eigenvalue weighted by atomic mass is 35.5. The van der Waals surface area contributed by atoms with Gasteiger partial charge in [-0.3, -0.25) is 9.36 Å². The monoisotopic (exact) mass is 467 g/mol. The zero-order valence-electron chi connectivity index (χ0n) is 17.9. The van der Waals surface area contributed by atoms with Crippen LogP contribution in [0.1, 0.15) is 17.7 Å². The highest BCUT2D eigenvalue weighted by molar-refractivity contribution is 6.30. The summed E-state index contributed by atoms with van der Waals surface area (Å²) in [5.74, 6) is 0.419. The van der Waals surface area contributed by atoms with Crippen molar-refractivity contribution < 1.29 is 9.21 Å². The molecule has 3 aromatic carbocycles. The number of amides is 1. The Morgan fingerprint density at radius 2 is 1.82 bits per heavy atom. The summed E-state index contributed by atoms with van der Waals surface area (Å²) < 4.78 is 7.93. The molecular formula is C26H18ClN5O2. The van der Waals surface area contributed by atoms with Crippen LogP contribution in [0.25, 0.3) is 28.3 Å². The van der Waals surface area contributed by atoms with Crippen molar-refractivity contribution in [2.24, 2.45) is 0 Å². The maximum absolute atomic E-state index is 12.6. The molecule has 7 nitrogen and oxygen atoms in total. The molecule has 1 N–H and O–H groups in total. The third-order valence-electron chi connectivity index (χ3n) is 5.34. The molecule has 0 aliphatic carbocycles. The molecule has 0 aliphatic heterocycles. The number of nitrogens with zero attached hydrogens (tertiary/aromatic N) is 4. The van der Waals surface area contributed by atoms with E-state index in [1.54, 1.807) is 47.3 Å². The van der Waals surface area contributed by atoms with E-state index < -0.39 is 0 Å². The lowest BCUT2D eigenvalue weighted by atomic mass is 10.1. The third kappa shape index (κ3) is 4.40. The molecule has 0 saturated heterocycles. The van der Waals surface area contributed by atoms with Crippen LogP contribution in [0.2, 0.25) is 5.02 Å². The number of imidazole rings is 1. The standard InChI is InChI=1S/C26H18ClN5O2/c27-19-9-7-18(8-10-19)25-23(13-14-24(33)30-20-11-5-17(15-28)6-12-20)34-26(31-25)32-16-29-21-3-1-2-4-22(21)32/h1-12,16H,13-14H2,(H,30,33). The Morgan fingerprint density at radius 1 is 1.06 bits per heavy atom. The van der Waals surface area contributed by atoms with Gasteiger partial charge in [-0.15, -0.1) is 0 Å². The Morgan fingerprint density at radius 3 is 2.59 bits per heavy atom. The van der Waals surface area contributed by atoms with Gasteiger partial charge in [0.05, 0.1) is 22.7 Å². The molecule has 5 aromatic rings. The van der Waals surface area contributed by atoms with Crippen molar-refractivity contribution in [3.8, 4) is 23.3 Å². The average Bonchev–Trinajstić information content (AvgIpc) is 3.48. The lowest BCUT2D eigenvalue weighted by Crippen LogP contribution is -2.12. The fourth-order valence-corrected chi connectivity index (χ4v) is 3.76. The number of anilines is 1. The van der Waals surface area contributed by atoms with Crippen LogP contribution in [-0.2, 0) is 11.2 Å². The first-order valence-electron chi connectivity index (χ1n) is 10.6. The lowest BCUT2D eigenvalue weighted by Gasteiger charge is -2.05. The predicted molar refractivity (Wildman–Crippen MR) is 130 cm³/mol. The Balaban J connectivity index is 1.42. The minimum atomic E-state index is -0.169. The summed E-state index contributed by atoms with van der Waals surface area (Å²) in [6, 6.07) is 24.2. The molecule has 1 amide bonds. The van der Waals surface area contributed by atoms with E-state index in [-0.39, 0.29) is 12.3 Å². The first-order valence-corrected chi connectivity index (χ1v) is 11.0. The van der Waals surface area contributed by atoms with Gasteiger partial charge in [-0.25, -0.2) is 4.98 Å². The summed E-state index contributed by atoms with van der Waals surface area (Å²) in [5.41, 5.74) is 4.35. The molecule has 166 valence electrons. The van der Waals surface area contributed by atoms with Crippen molar-refractivity contribution in [2.45, 2.75) is 12.8 Å². The number of halogens is 1. The second kappa shape index (κ2) is 9.22. The maximum Gasteiger partial charge on any atom is 0.308 e. The second-order valence-corrected chi connectivity index (χ2v) is 8.05. The number of nitrogens with one attached hydrogen (secondary N) is 1. The first kappa shape index (κ1) is 21.4. The van der Waals surface area contributed by atoms with Crippen LogP contribution < -0.4 is 5.32 Å². The van der Waals surface area contributed by atoms with Gasteiger partial charge >= 0.3 is 6.01 Å². The van der Waals surface area contributed by atoms with Crippen LogP contribution in [-0.4, -0.2) is 20.4 Å². The van der Waals surface area contributed by atoms with E-state index >= 15 is 0 Å². The van der Waals surface area contributed by atoms with Crippen LogP contribution in [0.15, 0.2) is 83.5 Å². The van der Waals surface area contributed by atoms with Crippen LogP contribution >= 0.6 is 11.6 Å². The topological polar surface area (TPSA) is 96.7 Å². The SMILES string of the molecule is N#Cc1ccc(NC(=O)CCc2oc(-n3cnc4ccccc43)nc2-c2ccc(Cl)cc2)cc1. The van der Waals surface area contributed by atoms with Crippen molar-refractivity contribution in [1.82, 2.24) is 14.5 Å². The molecule has 0 fully saturated rings. The first-order chi connectivity index (χ1) is 16.6. The maximum atomic E-state index is 12.6. The van der Waals surface area contributed by atoms with Crippen LogP contribution in [0.3, 0.4) is 0 Å². The lowest BCUT2D eigenvalue weighted by molar-refractivity contribution is -0.116. The number of nitriles is 1. The van der Waals surface area contributed by atoms with Crippen molar-refractivity contribution in [3.05, 3.63) is 95.5 Å². The van der Waals surface area contributed by atoms with Gasteiger partial charge in [0.2, 0.25) is 5.91 Å². The molecule has 0 radical (unpaired) electrons. The number of benzene rings is 3. The molecule has 0 saturated carbocycles. The van der Waals surface area contributed by atoms with E-state index in [4.69, 9.17) is 26.3 Å². The van der Waals surface area contributed by atoms with Gasteiger partial charge < -0.3 is 9.73 Å². The van der Waals surface area contributed by atoms with Gasteiger partial charge in [0.25, 0.3) is 0 Å². The van der Waals surface area contributed by atoms with Gasteiger partial charge in [0, 0.05) is 29.1 Å². The number of hydrogen-bond donors (Lipinski definition) is 1. The summed E-state index contributed by atoms with van der Waals surface area (Å²) in [6.45, 7) is 0. The molecule has 5 rings (SSSR count). The van der Waals surface area contributed by atoms with Gasteiger partial charge in [0.1, 0.15) is 17.8 Å². The summed E-state index contributed by atoms with van der Waals surface area (Å²) in [6.07, 6.45) is 2.21. The van der Waals surface area contributed by atoms with Gasteiger partial charge in [-0.2, -0.15) is 10.2 Å². The van der Waals surface area contributed by atoms with Gasteiger partial charge in [-0.05, 0) is 48.5 Å². The van der Waals surface area contributed by atoms with Crippen LogP contribution in [0.4, 0.5) is 5.69 Å². The molecule has 2 heterocycles. The fraction of sp³-hybridized carbons (Fsp3) is 0.0769. The number of hydrogen-bond acceptors (Lipinski definition) is 5. The largest absolute Gasteiger partial charge is 0.427 e. The third-order valence-corrected chi connectivity index (χ3v) is 5.59. The molecule has 34 heavy (non-hydrogen) atoms. The van der Waals surface area contributed by atoms with E-state index in [9.17, 15) is 4.79 Å². The fourth-order valence-electron chi connectivity index (χ4n) is 3.64. The highest BCUT2D eigenvalue weighted by Crippen LogP contribution is 2.29. The summed E-state index contributed by atoms with van der Waals surface area (Å²) in [5, 5.41) is 12.4. The molecule has 2 aromatic heterocycles. The second-order valence-electron chi connectivity index (χ2n) is 7.62. The Labute approximate surface area is 200 Å². The smallest absolute Gasteiger partial charge is 0.308 e. The van der Waals surface area contributed by atoms with Crippen LogP contribution in [0.5, 0.6) is 0 Å². The van der Waals surface area contributed by atoms with Gasteiger partial charge in [-0.1, -0.05) is 35.9 Å². The van der Waals surface area contributed by atoms with E-state index in [0.29, 0.717) is 40.2 Å². The van der Waals surface area contributed by atoms with Crippen molar-refractivity contribution >= 4 is 34.2 Å². The quantitative estimate of drug-likeness (QED) is 0.341. The summed E-state index contributed by atoms with van der Waals surface area (Å²) in [7, 11) is 0. The number of oxazole rings is 1. The molecule has 0 bridgehead atoms. The van der Waals surface area contributed by atoms with E-state index in [1.165, 1.54) is 0 Å². The Bertz CT molecular complexity index is 1510. The predicted octanol–water partition coefficient (Wildman–Crippen LogP) is 5.78. The molecule has 0 aliphatic rings. The minimum Gasteiger partial charge on any atom is -0.427 e. The van der Waals surface area contributed by atoms with E-state index in [2.05, 4.69) is 16.4 Å². The zero-order chi connectivity index (χ0) is 23.5. The van der Waals surface area contributed by atoms with Crippen molar-refractivity contribution in [2.75, 3.05) is 5.32 Å². The number of rotatable bonds is 6. The summed E-state index contributed by atoms with van der Waals surface area (Å²) in [4.78, 5) is 21.7. The Hall–Kier alpha value is -4.41. The molecule has 8 heteroatoms. The van der Waals surface area contributed by atoms with Gasteiger partial charge in [0.15, 0.2) is 0 Å². The molecule has 0 spiro atoms. The Kier molecular flexibility index (Phi) is 5.81. The van der Waals surface area contributed by atoms with Crippen molar-refractivity contribution in [3.63, 3.8) is 0 Å². The van der Waals surface area contributed by atoms with Crippen LogP contribution in [0, 0.1) is 11.3 Å². The minimum absolute atomic E-state index is 0.169. The molecule has 0 atom stereocenters. The average molecular weight is 468 g/mol.